The van der Waals surface area contributed by atoms with E-state index in [0.717, 1.165) is 35.6 Å². The summed E-state index contributed by atoms with van der Waals surface area (Å²) in [6, 6.07) is 1.72. The Balaban J connectivity index is 1.90. The van der Waals surface area contributed by atoms with Gasteiger partial charge in [0.15, 0.2) is 0 Å². The van der Waals surface area contributed by atoms with Crippen LogP contribution in [0.3, 0.4) is 0 Å². The standard InChI is InChI=1S/C16H21N3O3/c1-10-8-14(15(21-4)9-18-10)16(20)17-7-5-6-13-11(2)19-22-12(13)3/h8-9H,5-7H2,1-4H3,(H,17,20). The number of methoxy groups -OCH3 is 1. The molecule has 1 N–H and O–H groups in total. The average Bonchev–Trinajstić information content (AvgIpc) is 2.82. The summed E-state index contributed by atoms with van der Waals surface area (Å²) in [5.41, 5.74) is 3.32. The monoisotopic (exact) mass is 303 g/mol. The summed E-state index contributed by atoms with van der Waals surface area (Å²) in [4.78, 5) is 16.3. The fraction of sp³-hybridized carbons (Fsp3) is 0.438. The van der Waals surface area contributed by atoms with E-state index in [0.29, 0.717) is 17.9 Å². The third kappa shape index (κ3) is 3.63. The van der Waals surface area contributed by atoms with Gasteiger partial charge in [-0.2, -0.15) is 0 Å². The van der Waals surface area contributed by atoms with Gasteiger partial charge < -0.3 is 14.6 Å². The van der Waals surface area contributed by atoms with Crippen LogP contribution >= 0.6 is 0 Å². The number of hydrogen-bond acceptors (Lipinski definition) is 5. The lowest BCUT2D eigenvalue weighted by molar-refractivity contribution is 0.0950. The number of hydrogen-bond donors (Lipinski definition) is 1. The molecule has 2 aromatic rings. The second kappa shape index (κ2) is 7.06. The molecule has 0 aromatic carbocycles. The fourth-order valence-electron chi connectivity index (χ4n) is 2.31. The lowest BCUT2D eigenvalue weighted by Gasteiger charge is -2.09. The lowest BCUT2D eigenvalue weighted by atomic mass is 10.1. The maximum absolute atomic E-state index is 12.2. The van der Waals surface area contributed by atoms with Gasteiger partial charge in [-0.25, -0.2) is 0 Å². The Morgan fingerprint density at radius 1 is 1.36 bits per heavy atom. The molecule has 0 unspecified atom stereocenters. The number of nitrogens with zero attached hydrogens (tertiary/aromatic N) is 2. The van der Waals surface area contributed by atoms with Crippen molar-refractivity contribution in [3.8, 4) is 5.75 Å². The molecule has 0 spiro atoms. The summed E-state index contributed by atoms with van der Waals surface area (Å²) in [6.07, 6.45) is 3.21. The van der Waals surface area contributed by atoms with Gasteiger partial charge in [-0.15, -0.1) is 0 Å². The molecule has 2 aromatic heterocycles. The van der Waals surface area contributed by atoms with E-state index >= 15 is 0 Å². The van der Waals surface area contributed by atoms with Gasteiger partial charge in [-0.1, -0.05) is 5.16 Å². The zero-order chi connectivity index (χ0) is 16.1. The number of rotatable bonds is 6. The molecule has 2 rings (SSSR count). The van der Waals surface area contributed by atoms with E-state index < -0.39 is 0 Å². The van der Waals surface area contributed by atoms with Crippen LogP contribution in [0.25, 0.3) is 0 Å². The predicted molar refractivity (Wildman–Crippen MR) is 82.2 cm³/mol. The van der Waals surface area contributed by atoms with Crippen molar-refractivity contribution in [1.29, 1.82) is 0 Å². The summed E-state index contributed by atoms with van der Waals surface area (Å²) < 4.78 is 10.3. The molecule has 6 nitrogen and oxygen atoms in total. The van der Waals surface area contributed by atoms with Gasteiger partial charge in [-0.3, -0.25) is 9.78 Å². The Morgan fingerprint density at radius 3 is 2.77 bits per heavy atom. The van der Waals surface area contributed by atoms with Crippen molar-refractivity contribution < 1.29 is 14.1 Å². The van der Waals surface area contributed by atoms with E-state index in [-0.39, 0.29) is 5.91 Å². The van der Waals surface area contributed by atoms with Crippen molar-refractivity contribution >= 4 is 5.91 Å². The van der Waals surface area contributed by atoms with E-state index in [2.05, 4.69) is 15.5 Å². The Hall–Kier alpha value is -2.37. The first-order valence-corrected chi connectivity index (χ1v) is 7.23. The Morgan fingerprint density at radius 2 is 2.14 bits per heavy atom. The Labute approximate surface area is 129 Å². The quantitative estimate of drug-likeness (QED) is 0.829. The summed E-state index contributed by atoms with van der Waals surface area (Å²) in [5, 5.41) is 6.83. The molecule has 0 bridgehead atoms. The summed E-state index contributed by atoms with van der Waals surface area (Å²) >= 11 is 0. The largest absolute Gasteiger partial charge is 0.494 e. The van der Waals surface area contributed by atoms with Gasteiger partial charge >= 0.3 is 0 Å². The molecular weight excluding hydrogens is 282 g/mol. The molecule has 1 amide bonds. The molecular formula is C16H21N3O3. The number of carbonyl (C=O) groups excluding carboxylic acids is 1. The highest BCUT2D eigenvalue weighted by molar-refractivity contribution is 5.96. The Kier molecular flexibility index (Phi) is 5.14. The van der Waals surface area contributed by atoms with Crippen LogP contribution in [0.15, 0.2) is 16.8 Å². The predicted octanol–water partition coefficient (Wildman–Crippen LogP) is 2.37. The molecule has 0 saturated heterocycles. The third-order valence-electron chi connectivity index (χ3n) is 3.54. The zero-order valence-electron chi connectivity index (χ0n) is 13.4. The van der Waals surface area contributed by atoms with Crippen LogP contribution in [0.2, 0.25) is 0 Å². The van der Waals surface area contributed by atoms with Gasteiger partial charge in [0.25, 0.3) is 5.91 Å². The maximum atomic E-state index is 12.2. The highest BCUT2D eigenvalue weighted by Crippen LogP contribution is 2.17. The van der Waals surface area contributed by atoms with Gasteiger partial charge in [0.2, 0.25) is 0 Å². The molecule has 0 saturated carbocycles. The highest BCUT2D eigenvalue weighted by atomic mass is 16.5. The second-order valence-corrected chi connectivity index (χ2v) is 5.19. The van der Waals surface area contributed by atoms with Crippen molar-refractivity contribution in [3.05, 3.63) is 40.5 Å². The summed E-state index contributed by atoms with van der Waals surface area (Å²) in [7, 11) is 1.53. The molecule has 0 aliphatic rings. The van der Waals surface area contributed by atoms with Crippen molar-refractivity contribution in [1.82, 2.24) is 15.5 Å². The van der Waals surface area contributed by atoms with Crippen molar-refractivity contribution in [2.45, 2.75) is 33.6 Å². The third-order valence-corrected chi connectivity index (χ3v) is 3.54. The molecule has 0 radical (unpaired) electrons. The Bertz CT molecular complexity index is 645. The first kappa shape index (κ1) is 16.0. The summed E-state index contributed by atoms with van der Waals surface area (Å²) in [5.74, 6) is 1.17. The topological polar surface area (TPSA) is 77.2 Å². The number of ether oxygens (including phenoxy) is 1. The van der Waals surface area contributed by atoms with E-state index in [1.54, 1.807) is 12.3 Å². The number of nitrogens with one attached hydrogen (secondary N) is 1. The normalized spacial score (nSPS) is 10.5. The van der Waals surface area contributed by atoms with Crippen molar-refractivity contribution in [3.63, 3.8) is 0 Å². The van der Waals surface area contributed by atoms with E-state index in [1.165, 1.54) is 7.11 Å². The lowest BCUT2D eigenvalue weighted by Crippen LogP contribution is -2.25. The van der Waals surface area contributed by atoms with E-state index in [4.69, 9.17) is 9.26 Å². The van der Waals surface area contributed by atoms with Crippen molar-refractivity contribution in [2.75, 3.05) is 13.7 Å². The highest BCUT2D eigenvalue weighted by Gasteiger charge is 2.13. The van der Waals surface area contributed by atoms with Crippen molar-refractivity contribution in [2.24, 2.45) is 0 Å². The van der Waals surface area contributed by atoms with Crippen LogP contribution in [0.5, 0.6) is 5.75 Å². The molecule has 118 valence electrons. The second-order valence-electron chi connectivity index (χ2n) is 5.19. The number of carbonyl (C=O) groups is 1. The van der Waals surface area contributed by atoms with Crippen LogP contribution in [0, 0.1) is 20.8 Å². The minimum Gasteiger partial charge on any atom is -0.494 e. The van der Waals surface area contributed by atoms with E-state index in [9.17, 15) is 4.79 Å². The molecule has 6 heteroatoms. The minimum atomic E-state index is -0.152. The molecule has 0 fully saturated rings. The molecule has 0 aliphatic heterocycles. The van der Waals surface area contributed by atoms with Crippen LogP contribution in [0.4, 0.5) is 0 Å². The van der Waals surface area contributed by atoms with Crippen LogP contribution in [0.1, 0.15) is 39.5 Å². The smallest absolute Gasteiger partial charge is 0.255 e. The molecule has 22 heavy (non-hydrogen) atoms. The van der Waals surface area contributed by atoms with Crippen LogP contribution in [-0.2, 0) is 6.42 Å². The number of pyridine rings is 1. The maximum Gasteiger partial charge on any atom is 0.255 e. The van der Waals surface area contributed by atoms with Gasteiger partial charge in [-0.05, 0) is 39.7 Å². The number of aryl methyl sites for hydroxylation is 3. The number of amides is 1. The van der Waals surface area contributed by atoms with E-state index in [1.807, 2.05) is 20.8 Å². The first-order chi connectivity index (χ1) is 10.5. The minimum absolute atomic E-state index is 0.152. The zero-order valence-corrected chi connectivity index (χ0v) is 13.4. The van der Waals surface area contributed by atoms with Gasteiger partial charge in [0.05, 0.1) is 24.6 Å². The molecule has 2 heterocycles. The first-order valence-electron chi connectivity index (χ1n) is 7.23. The molecule has 0 aliphatic carbocycles. The molecule has 0 atom stereocenters. The summed E-state index contributed by atoms with van der Waals surface area (Å²) in [6.45, 7) is 6.24. The van der Waals surface area contributed by atoms with Gasteiger partial charge in [0, 0.05) is 17.8 Å². The van der Waals surface area contributed by atoms with Crippen LogP contribution in [-0.4, -0.2) is 29.7 Å². The fourth-order valence-corrected chi connectivity index (χ4v) is 2.31. The number of aromatic nitrogens is 2. The van der Waals surface area contributed by atoms with Crippen LogP contribution < -0.4 is 10.1 Å². The van der Waals surface area contributed by atoms with Gasteiger partial charge in [0.1, 0.15) is 11.5 Å². The SMILES string of the molecule is COc1cnc(C)cc1C(=O)NCCCc1c(C)noc1C. The average molecular weight is 303 g/mol.